The number of carbonyl (C=O) groups excluding carboxylic acids is 1. The van der Waals surface area contributed by atoms with Gasteiger partial charge in [0.1, 0.15) is 5.60 Å². The molecule has 0 aromatic heterocycles. The second-order valence-corrected chi connectivity index (χ2v) is 4.28. The predicted molar refractivity (Wildman–Crippen MR) is 58.3 cm³/mol. The van der Waals surface area contributed by atoms with Crippen LogP contribution in [0, 0.1) is 12.3 Å². The first kappa shape index (κ1) is 13.8. The number of alkyl carbamates (subject to hydrolysis) is 1. The van der Waals surface area contributed by atoms with Crippen molar-refractivity contribution in [2.75, 3.05) is 6.54 Å². The van der Waals surface area contributed by atoms with Crippen molar-refractivity contribution in [2.24, 2.45) is 0 Å². The summed E-state index contributed by atoms with van der Waals surface area (Å²) in [6.45, 7) is 5.50. The van der Waals surface area contributed by atoms with Gasteiger partial charge in [-0.3, -0.25) is 0 Å². The van der Waals surface area contributed by atoms with Gasteiger partial charge in [0.05, 0.1) is 6.10 Å². The van der Waals surface area contributed by atoms with Gasteiger partial charge in [0, 0.05) is 13.0 Å². The van der Waals surface area contributed by atoms with Crippen LogP contribution < -0.4 is 5.32 Å². The normalized spacial score (nSPS) is 12.7. The molecule has 0 saturated carbocycles. The van der Waals surface area contributed by atoms with Crippen LogP contribution in [0.5, 0.6) is 0 Å². The summed E-state index contributed by atoms with van der Waals surface area (Å²) >= 11 is 0. The van der Waals surface area contributed by atoms with Gasteiger partial charge in [-0.2, -0.15) is 0 Å². The lowest BCUT2D eigenvalue weighted by atomic mass is 10.2. The van der Waals surface area contributed by atoms with E-state index < -0.39 is 17.8 Å². The number of amides is 1. The Hall–Kier alpha value is -1.21. The van der Waals surface area contributed by atoms with Gasteiger partial charge < -0.3 is 15.2 Å². The van der Waals surface area contributed by atoms with E-state index >= 15 is 0 Å². The molecule has 0 aromatic carbocycles. The molecule has 4 heteroatoms. The Labute approximate surface area is 91.0 Å². The number of rotatable bonds is 4. The lowest BCUT2D eigenvalue weighted by Crippen LogP contribution is -2.36. The third-order valence-corrected chi connectivity index (χ3v) is 1.50. The number of hydrogen-bond acceptors (Lipinski definition) is 3. The van der Waals surface area contributed by atoms with Gasteiger partial charge in [0.15, 0.2) is 0 Å². The molecule has 0 aromatic rings. The second kappa shape index (κ2) is 6.31. The van der Waals surface area contributed by atoms with E-state index in [4.69, 9.17) is 11.2 Å². The van der Waals surface area contributed by atoms with E-state index in [0.29, 0.717) is 12.8 Å². The molecule has 2 N–H and O–H groups in total. The Morgan fingerprint density at radius 1 is 1.60 bits per heavy atom. The van der Waals surface area contributed by atoms with Gasteiger partial charge in [-0.25, -0.2) is 4.79 Å². The Balaban J connectivity index is 3.68. The highest BCUT2D eigenvalue weighted by atomic mass is 16.6. The fourth-order valence-corrected chi connectivity index (χ4v) is 0.867. The Morgan fingerprint density at radius 2 is 2.20 bits per heavy atom. The van der Waals surface area contributed by atoms with Crippen molar-refractivity contribution >= 4 is 6.09 Å². The van der Waals surface area contributed by atoms with Crippen LogP contribution in [0.1, 0.15) is 33.6 Å². The smallest absolute Gasteiger partial charge is 0.407 e. The second-order valence-electron chi connectivity index (χ2n) is 4.28. The maximum absolute atomic E-state index is 11.2. The van der Waals surface area contributed by atoms with E-state index in [1.54, 1.807) is 20.8 Å². The predicted octanol–water partition coefficient (Wildman–Crippen LogP) is 1.29. The third kappa shape index (κ3) is 9.10. The minimum absolute atomic E-state index is 0.163. The lowest BCUT2D eigenvalue weighted by molar-refractivity contribution is 0.0489. The average Bonchev–Trinajstić information content (AvgIpc) is 2.08. The largest absolute Gasteiger partial charge is 0.444 e. The van der Waals surface area contributed by atoms with Crippen LogP contribution in [-0.2, 0) is 4.74 Å². The minimum atomic E-state index is -0.617. The molecule has 1 amide bonds. The molecule has 4 nitrogen and oxygen atoms in total. The summed E-state index contributed by atoms with van der Waals surface area (Å²) in [6, 6.07) is 0. The Kier molecular flexibility index (Phi) is 5.80. The van der Waals surface area contributed by atoms with Crippen molar-refractivity contribution in [1.29, 1.82) is 0 Å². The van der Waals surface area contributed by atoms with Crippen LogP contribution in [0.3, 0.4) is 0 Å². The molecule has 86 valence electrons. The number of aliphatic hydroxyl groups excluding tert-OH is 1. The molecular weight excluding hydrogens is 194 g/mol. The van der Waals surface area contributed by atoms with E-state index in [0.717, 1.165) is 0 Å². The van der Waals surface area contributed by atoms with Crippen LogP contribution in [0.15, 0.2) is 0 Å². The number of hydrogen-bond donors (Lipinski definition) is 2. The van der Waals surface area contributed by atoms with Crippen molar-refractivity contribution in [3.05, 3.63) is 0 Å². The van der Waals surface area contributed by atoms with Gasteiger partial charge in [0.2, 0.25) is 0 Å². The maximum Gasteiger partial charge on any atom is 0.407 e. The molecule has 15 heavy (non-hydrogen) atoms. The summed E-state index contributed by atoms with van der Waals surface area (Å²) in [4.78, 5) is 11.2. The van der Waals surface area contributed by atoms with Crippen LogP contribution in [0.2, 0.25) is 0 Å². The van der Waals surface area contributed by atoms with E-state index in [1.807, 2.05) is 0 Å². The topological polar surface area (TPSA) is 58.6 Å². The SMILES string of the molecule is C#CCCC(O)CNC(=O)OC(C)(C)C. The lowest BCUT2D eigenvalue weighted by Gasteiger charge is -2.20. The molecule has 0 saturated heterocycles. The third-order valence-electron chi connectivity index (χ3n) is 1.50. The molecule has 0 aliphatic heterocycles. The molecule has 0 aliphatic carbocycles. The standard InChI is InChI=1S/C11H19NO3/c1-5-6-7-9(13)8-12-10(14)15-11(2,3)4/h1,9,13H,6-8H2,2-4H3,(H,12,14). The van der Waals surface area contributed by atoms with Gasteiger partial charge in [-0.05, 0) is 27.2 Å². The number of terminal acetylenes is 1. The highest BCUT2D eigenvalue weighted by Gasteiger charge is 2.16. The molecule has 0 rings (SSSR count). The zero-order chi connectivity index (χ0) is 11.9. The van der Waals surface area contributed by atoms with Crippen molar-refractivity contribution in [3.8, 4) is 12.3 Å². The quantitative estimate of drug-likeness (QED) is 0.692. The Bertz CT molecular complexity index is 237. The monoisotopic (exact) mass is 213 g/mol. The summed E-state index contributed by atoms with van der Waals surface area (Å²) in [5.41, 5.74) is -0.520. The highest BCUT2D eigenvalue weighted by Crippen LogP contribution is 2.06. The van der Waals surface area contributed by atoms with E-state index in [1.165, 1.54) is 0 Å². The molecule has 0 bridgehead atoms. The number of carbonyl (C=O) groups is 1. The molecule has 1 unspecified atom stereocenters. The van der Waals surface area contributed by atoms with E-state index in [9.17, 15) is 9.90 Å². The molecule has 0 radical (unpaired) electrons. The van der Waals surface area contributed by atoms with Crippen molar-refractivity contribution in [1.82, 2.24) is 5.32 Å². The first-order valence-corrected chi connectivity index (χ1v) is 4.93. The summed E-state index contributed by atoms with van der Waals surface area (Å²) in [5.74, 6) is 2.42. The fraction of sp³-hybridized carbons (Fsp3) is 0.727. The molecule has 0 heterocycles. The molecule has 0 aliphatic rings. The number of nitrogens with one attached hydrogen (secondary N) is 1. The van der Waals surface area contributed by atoms with Gasteiger partial charge in [-0.1, -0.05) is 0 Å². The van der Waals surface area contributed by atoms with Gasteiger partial charge in [0.25, 0.3) is 0 Å². The fourth-order valence-electron chi connectivity index (χ4n) is 0.867. The summed E-state index contributed by atoms with van der Waals surface area (Å²) in [7, 11) is 0. The van der Waals surface area contributed by atoms with Crippen LogP contribution in [-0.4, -0.2) is 29.4 Å². The zero-order valence-electron chi connectivity index (χ0n) is 9.54. The molecule has 0 fully saturated rings. The van der Waals surface area contributed by atoms with Crippen LogP contribution >= 0.6 is 0 Å². The first-order chi connectivity index (χ1) is 6.85. The Morgan fingerprint density at radius 3 is 2.67 bits per heavy atom. The van der Waals surface area contributed by atoms with E-state index in [-0.39, 0.29) is 6.54 Å². The van der Waals surface area contributed by atoms with Crippen LogP contribution in [0.25, 0.3) is 0 Å². The summed E-state index contributed by atoms with van der Waals surface area (Å²) in [5, 5.41) is 11.8. The van der Waals surface area contributed by atoms with E-state index in [2.05, 4.69) is 11.2 Å². The number of ether oxygens (including phenoxy) is 1. The van der Waals surface area contributed by atoms with Crippen molar-refractivity contribution in [2.45, 2.75) is 45.3 Å². The minimum Gasteiger partial charge on any atom is -0.444 e. The summed E-state index contributed by atoms with van der Waals surface area (Å²) in [6.07, 6.45) is 4.88. The van der Waals surface area contributed by atoms with Crippen molar-refractivity contribution in [3.63, 3.8) is 0 Å². The van der Waals surface area contributed by atoms with Gasteiger partial charge >= 0.3 is 6.09 Å². The summed E-state index contributed by atoms with van der Waals surface area (Å²) < 4.78 is 4.99. The molecular formula is C11H19NO3. The number of aliphatic hydroxyl groups is 1. The highest BCUT2D eigenvalue weighted by molar-refractivity contribution is 5.67. The molecule has 0 spiro atoms. The first-order valence-electron chi connectivity index (χ1n) is 4.93. The zero-order valence-corrected chi connectivity index (χ0v) is 9.54. The maximum atomic E-state index is 11.2. The average molecular weight is 213 g/mol. The van der Waals surface area contributed by atoms with Gasteiger partial charge in [-0.15, -0.1) is 12.3 Å². The molecule has 1 atom stereocenters. The van der Waals surface area contributed by atoms with Crippen LogP contribution in [0.4, 0.5) is 4.79 Å². The van der Waals surface area contributed by atoms with Crippen molar-refractivity contribution < 1.29 is 14.6 Å².